The van der Waals surface area contributed by atoms with E-state index in [2.05, 4.69) is 0 Å². The van der Waals surface area contributed by atoms with Crippen LogP contribution in [-0.4, -0.2) is 54.9 Å². The van der Waals surface area contributed by atoms with Gasteiger partial charge in [0.25, 0.3) is 5.91 Å². The monoisotopic (exact) mass is 344 g/mol. The van der Waals surface area contributed by atoms with Crippen LogP contribution >= 0.6 is 0 Å². The molecule has 5 nitrogen and oxygen atoms in total. The Bertz CT molecular complexity index is 643. The van der Waals surface area contributed by atoms with Crippen molar-refractivity contribution in [2.24, 2.45) is 5.41 Å². The lowest BCUT2D eigenvalue weighted by atomic mass is 9.74. The molecular weight excluding hydrogens is 316 g/mol. The molecule has 1 saturated heterocycles. The number of hydrogen-bond donors (Lipinski definition) is 0. The maximum atomic E-state index is 12.5. The molecule has 1 saturated carbocycles. The van der Waals surface area contributed by atoms with Crippen LogP contribution in [0.3, 0.4) is 0 Å². The first kappa shape index (κ1) is 17.8. The van der Waals surface area contributed by atoms with E-state index in [1.165, 1.54) is 0 Å². The zero-order valence-corrected chi connectivity index (χ0v) is 15.5. The number of rotatable bonds is 5. The molecule has 2 amide bonds. The van der Waals surface area contributed by atoms with Gasteiger partial charge in [-0.15, -0.1) is 0 Å². The molecule has 2 unspecified atom stereocenters. The van der Waals surface area contributed by atoms with E-state index in [-0.39, 0.29) is 29.9 Å². The van der Waals surface area contributed by atoms with Crippen LogP contribution in [0.5, 0.6) is 5.75 Å². The van der Waals surface area contributed by atoms with Gasteiger partial charge in [0.2, 0.25) is 5.91 Å². The summed E-state index contributed by atoms with van der Waals surface area (Å²) in [5.41, 5.74) is 1.22. The number of nitrogens with zero attached hydrogens (tertiary/aromatic N) is 2. The van der Waals surface area contributed by atoms with E-state index in [1.54, 1.807) is 4.90 Å². The SMILES string of the molecule is Cc1ccc(OCC(=O)N(C)CC23CCCC2N(C)C(=O)CC3)cc1. The number of benzene rings is 1. The zero-order chi connectivity index (χ0) is 18.0. The van der Waals surface area contributed by atoms with Crippen LogP contribution in [0.1, 0.15) is 37.7 Å². The Morgan fingerprint density at radius 1 is 1.32 bits per heavy atom. The topological polar surface area (TPSA) is 49.9 Å². The van der Waals surface area contributed by atoms with Crippen molar-refractivity contribution < 1.29 is 14.3 Å². The summed E-state index contributed by atoms with van der Waals surface area (Å²) < 4.78 is 5.62. The number of fused-ring (bicyclic) bond motifs is 1. The van der Waals surface area contributed by atoms with E-state index in [9.17, 15) is 9.59 Å². The lowest BCUT2D eigenvalue weighted by Crippen LogP contribution is -2.55. The Labute approximate surface area is 149 Å². The van der Waals surface area contributed by atoms with Gasteiger partial charge in [0.1, 0.15) is 5.75 Å². The second kappa shape index (κ2) is 7.06. The minimum absolute atomic E-state index is 0.0137. The molecule has 2 atom stereocenters. The van der Waals surface area contributed by atoms with Crippen LogP contribution in [-0.2, 0) is 9.59 Å². The van der Waals surface area contributed by atoms with E-state index in [0.29, 0.717) is 18.7 Å². The number of piperidine rings is 1. The summed E-state index contributed by atoms with van der Waals surface area (Å²) in [6.45, 7) is 2.77. The van der Waals surface area contributed by atoms with Gasteiger partial charge in [-0.1, -0.05) is 24.1 Å². The third kappa shape index (κ3) is 3.65. The summed E-state index contributed by atoms with van der Waals surface area (Å²) in [4.78, 5) is 28.2. The average molecular weight is 344 g/mol. The smallest absolute Gasteiger partial charge is 0.260 e. The Balaban J connectivity index is 1.59. The van der Waals surface area contributed by atoms with Gasteiger partial charge in [0.15, 0.2) is 6.61 Å². The third-order valence-corrected chi connectivity index (χ3v) is 5.92. The summed E-state index contributed by atoms with van der Waals surface area (Å²) in [6, 6.07) is 7.98. The van der Waals surface area contributed by atoms with E-state index in [0.717, 1.165) is 31.2 Å². The minimum atomic E-state index is -0.0137. The zero-order valence-electron chi connectivity index (χ0n) is 15.5. The van der Waals surface area contributed by atoms with Crippen LogP contribution in [0.2, 0.25) is 0 Å². The van der Waals surface area contributed by atoms with Crippen LogP contribution in [0, 0.1) is 12.3 Å². The molecule has 0 N–H and O–H groups in total. The summed E-state index contributed by atoms with van der Waals surface area (Å²) >= 11 is 0. The quantitative estimate of drug-likeness (QED) is 0.825. The fourth-order valence-electron chi connectivity index (χ4n) is 4.44. The second-order valence-electron chi connectivity index (χ2n) is 7.63. The van der Waals surface area contributed by atoms with Crippen molar-refractivity contribution in [2.45, 2.75) is 45.1 Å². The Morgan fingerprint density at radius 3 is 2.76 bits per heavy atom. The van der Waals surface area contributed by atoms with Crippen molar-refractivity contribution in [1.29, 1.82) is 0 Å². The molecular formula is C20H28N2O3. The van der Waals surface area contributed by atoms with Gasteiger partial charge in [-0.2, -0.15) is 0 Å². The molecule has 1 aliphatic heterocycles. The van der Waals surface area contributed by atoms with Crippen LogP contribution < -0.4 is 4.74 Å². The molecule has 5 heteroatoms. The van der Waals surface area contributed by atoms with Gasteiger partial charge < -0.3 is 14.5 Å². The molecule has 1 aliphatic carbocycles. The largest absolute Gasteiger partial charge is 0.484 e. The van der Waals surface area contributed by atoms with Gasteiger partial charge in [-0.05, 0) is 38.3 Å². The Hall–Kier alpha value is -2.04. The summed E-state index contributed by atoms with van der Waals surface area (Å²) in [7, 11) is 3.76. The average Bonchev–Trinajstić information content (AvgIpc) is 3.02. The molecule has 1 aromatic rings. The van der Waals surface area contributed by atoms with Crippen molar-refractivity contribution in [3.05, 3.63) is 29.8 Å². The number of likely N-dealkylation sites (tertiary alicyclic amines) is 1. The van der Waals surface area contributed by atoms with Gasteiger partial charge >= 0.3 is 0 Å². The number of hydrogen-bond acceptors (Lipinski definition) is 3. The Kier molecular flexibility index (Phi) is 5.02. The first-order chi connectivity index (χ1) is 11.9. The maximum absolute atomic E-state index is 12.5. The predicted molar refractivity (Wildman–Crippen MR) is 96.4 cm³/mol. The van der Waals surface area contributed by atoms with E-state index in [4.69, 9.17) is 4.74 Å². The number of ether oxygens (including phenoxy) is 1. The van der Waals surface area contributed by atoms with Crippen molar-refractivity contribution in [2.75, 3.05) is 27.2 Å². The lowest BCUT2D eigenvalue weighted by molar-refractivity contribution is -0.142. The van der Waals surface area contributed by atoms with Crippen molar-refractivity contribution in [1.82, 2.24) is 9.80 Å². The molecule has 0 spiro atoms. The highest BCUT2D eigenvalue weighted by Gasteiger charge is 2.49. The molecule has 136 valence electrons. The standard InChI is InChI=1S/C20H28N2O3/c1-15-6-8-16(9-7-15)25-13-19(24)21(2)14-20-11-4-5-17(20)22(3)18(23)10-12-20/h6-9,17H,4-5,10-14H2,1-3H3. The first-order valence-corrected chi connectivity index (χ1v) is 9.10. The van der Waals surface area contributed by atoms with Crippen molar-refractivity contribution in [3.63, 3.8) is 0 Å². The molecule has 0 aromatic heterocycles. The van der Waals surface area contributed by atoms with Crippen molar-refractivity contribution in [3.8, 4) is 5.75 Å². The van der Waals surface area contributed by atoms with Crippen LogP contribution in [0.4, 0.5) is 0 Å². The lowest BCUT2D eigenvalue weighted by Gasteiger charge is -2.46. The summed E-state index contributed by atoms with van der Waals surface area (Å²) in [5, 5.41) is 0. The van der Waals surface area contributed by atoms with Crippen LogP contribution in [0.25, 0.3) is 0 Å². The maximum Gasteiger partial charge on any atom is 0.260 e. The third-order valence-electron chi connectivity index (χ3n) is 5.92. The molecule has 0 radical (unpaired) electrons. The van der Waals surface area contributed by atoms with Gasteiger partial charge in [0.05, 0.1) is 0 Å². The minimum Gasteiger partial charge on any atom is -0.484 e. The fourth-order valence-corrected chi connectivity index (χ4v) is 4.44. The summed E-state index contributed by atoms with van der Waals surface area (Å²) in [6.07, 6.45) is 4.74. The highest BCUT2D eigenvalue weighted by molar-refractivity contribution is 5.78. The Morgan fingerprint density at radius 2 is 2.04 bits per heavy atom. The number of aryl methyl sites for hydroxylation is 1. The number of carbonyl (C=O) groups excluding carboxylic acids is 2. The van der Waals surface area contributed by atoms with Gasteiger partial charge in [-0.25, -0.2) is 0 Å². The number of carbonyl (C=O) groups is 2. The highest BCUT2D eigenvalue weighted by atomic mass is 16.5. The van der Waals surface area contributed by atoms with E-state index < -0.39 is 0 Å². The summed E-state index contributed by atoms with van der Waals surface area (Å²) in [5.74, 6) is 0.937. The molecule has 25 heavy (non-hydrogen) atoms. The fraction of sp³-hybridized carbons (Fsp3) is 0.600. The molecule has 0 bridgehead atoms. The van der Waals surface area contributed by atoms with Crippen LogP contribution in [0.15, 0.2) is 24.3 Å². The molecule has 1 heterocycles. The molecule has 2 fully saturated rings. The highest BCUT2D eigenvalue weighted by Crippen LogP contribution is 2.47. The van der Waals surface area contributed by atoms with Gasteiger partial charge in [-0.3, -0.25) is 9.59 Å². The number of amides is 2. The second-order valence-corrected chi connectivity index (χ2v) is 7.63. The first-order valence-electron chi connectivity index (χ1n) is 9.10. The van der Waals surface area contributed by atoms with Gasteiger partial charge in [0, 0.05) is 38.5 Å². The molecule has 1 aromatic carbocycles. The molecule has 3 rings (SSSR count). The predicted octanol–water partition coefficient (Wildman–Crippen LogP) is 2.62. The normalized spacial score (nSPS) is 25.6. The molecule has 2 aliphatic rings. The van der Waals surface area contributed by atoms with Crippen molar-refractivity contribution >= 4 is 11.8 Å². The number of likely N-dealkylation sites (N-methyl/N-ethyl adjacent to an activating group) is 1. The van der Waals surface area contributed by atoms with E-state index in [1.807, 2.05) is 50.2 Å². The van der Waals surface area contributed by atoms with E-state index >= 15 is 0 Å².